The molecule has 16 heavy (non-hydrogen) atoms. The number of ketones is 1. The van der Waals surface area contributed by atoms with Gasteiger partial charge in [-0.05, 0) is 31.3 Å². The number of esters is 1. The first-order valence-electron chi connectivity index (χ1n) is 5.48. The van der Waals surface area contributed by atoms with Crippen LogP contribution in [0.1, 0.15) is 26.7 Å². The van der Waals surface area contributed by atoms with Crippen molar-refractivity contribution in [1.29, 1.82) is 0 Å². The lowest BCUT2D eigenvalue weighted by atomic mass is 9.64. The van der Waals surface area contributed by atoms with Gasteiger partial charge in [0, 0.05) is 11.0 Å². The molecule has 0 N–H and O–H groups in total. The number of Topliss-reactive ketones (excluding diaryl/α,β-unsaturated/α-hetero) is 1. The van der Waals surface area contributed by atoms with Crippen LogP contribution in [0.5, 0.6) is 0 Å². The molecule has 0 aromatic heterocycles. The lowest BCUT2D eigenvalue weighted by Crippen LogP contribution is -2.38. The van der Waals surface area contributed by atoms with Crippen molar-refractivity contribution >= 4 is 11.8 Å². The average Bonchev–Trinajstić information content (AvgIpc) is 2.24. The molecule has 0 saturated heterocycles. The zero-order valence-electron chi connectivity index (χ0n) is 9.87. The van der Waals surface area contributed by atoms with Crippen LogP contribution >= 0.6 is 0 Å². The number of hydrogen-bond acceptors (Lipinski definition) is 3. The molecule has 2 atom stereocenters. The van der Waals surface area contributed by atoms with Crippen molar-refractivity contribution in [3.63, 3.8) is 0 Å². The zero-order valence-corrected chi connectivity index (χ0v) is 9.87. The first-order chi connectivity index (χ1) is 7.46. The number of carbonyl (C=O) groups is 2. The molecule has 0 aromatic carbocycles. The average molecular weight is 220 g/mol. The van der Waals surface area contributed by atoms with Crippen LogP contribution in [-0.2, 0) is 14.3 Å². The summed E-state index contributed by atoms with van der Waals surface area (Å²) >= 11 is 0. The number of carbonyl (C=O) groups excluding carboxylic acids is 2. The summed E-state index contributed by atoms with van der Waals surface area (Å²) in [5, 5.41) is 0. The van der Waals surface area contributed by atoms with Gasteiger partial charge in [0.1, 0.15) is 0 Å². The van der Waals surface area contributed by atoms with E-state index in [1.807, 2.05) is 26.0 Å². The molecule has 3 heteroatoms. The Morgan fingerprint density at radius 3 is 2.81 bits per heavy atom. The van der Waals surface area contributed by atoms with Crippen molar-refractivity contribution in [2.45, 2.75) is 26.7 Å². The van der Waals surface area contributed by atoms with Crippen LogP contribution in [0.4, 0.5) is 0 Å². The highest BCUT2D eigenvalue weighted by molar-refractivity contribution is 6.02. The summed E-state index contributed by atoms with van der Waals surface area (Å²) < 4.78 is 4.72. The lowest BCUT2D eigenvalue weighted by molar-refractivity contribution is -0.137. The zero-order chi connectivity index (χ0) is 11.9. The third-order valence-corrected chi connectivity index (χ3v) is 3.50. The van der Waals surface area contributed by atoms with Gasteiger partial charge in [0.05, 0.1) is 7.11 Å². The maximum absolute atomic E-state index is 12.1. The van der Waals surface area contributed by atoms with Crippen molar-refractivity contribution in [3.05, 3.63) is 23.3 Å². The lowest BCUT2D eigenvalue weighted by Gasteiger charge is -2.38. The quantitative estimate of drug-likeness (QED) is 0.635. The Kier molecular flexibility index (Phi) is 2.49. The van der Waals surface area contributed by atoms with Gasteiger partial charge in [0.25, 0.3) is 0 Å². The van der Waals surface area contributed by atoms with E-state index >= 15 is 0 Å². The van der Waals surface area contributed by atoms with Gasteiger partial charge in [-0.3, -0.25) is 4.79 Å². The fourth-order valence-corrected chi connectivity index (χ4v) is 2.81. The molecule has 0 unspecified atom stereocenters. The molecule has 0 radical (unpaired) electrons. The maximum Gasteiger partial charge on any atom is 0.333 e. The van der Waals surface area contributed by atoms with E-state index in [9.17, 15) is 9.59 Å². The van der Waals surface area contributed by atoms with E-state index < -0.39 is 5.41 Å². The second-order valence-corrected chi connectivity index (χ2v) is 4.97. The molecule has 86 valence electrons. The van der Waals surface area contributed by atoms with Crippen molar-refractivity contribution in [2.24, 2.45) is 11.3 Å². The van der Waals surface area contributed by atoms with Crippen molar-refractivity contribution in [3.8, 4) is 0 Å². The molecular weight excluding hydrogens is 204 g/mol. The number of fused-ring (bicyclic) bond motifs is 2. The molecule has 0 amide bonds. The molecule has 2 aliphatic rings. The summed E-state index contributed by atoms with van der Waals surface area (Å²) in [4.78, 5) is 23.6. The fraction of sp³-hybridized carbons (Fsp3) is 0.538. The number of methoxy groups -OCH3 is 1. The van der Waals surface area contributed by atoms with Gasteiger partial charge < -0.3 is 4.74 Å². The number of ether oxygens (including phenoxy) is 1. The van der Waals surface area contributed by atoms with Gasteiger partial charge in [0.2, 0.25) is 0 Å². The molecule has 0 saturated carbocycles. The van der Waals surface area contributed by atoms with E-state index in [4.69, 9.17) is 4.74 Å². The summed E-state index contributed by atoms with van der Waals surface area (Å²) in [7, 11) is 1.37. The third-order valence-electron chi connectivity index (χ3n) is 3.50. The molecule has 0 fully saturated rings. The Labute approximate surface area is 95.2 Å². The number of allylic oxidation sites excluding steroid dienone is 3. The van der Waals surface area contributed by atoms with E-state index in [2.05, 4.69) is 0 Å². The van der Waals surface area contributed by atoms with Crippen molar-refractivity contribution in [2.75, 3.05) is 7.11 Å². The number of hydrogen-bond donors (Lipinski definition) is 0. The van der Waals surface area contributed by atoms with Crippen LogP contribution in [0.2, 0.25) is 0 Å². The first kappa shape index (κ1) is 11.1. The second-order valence-electron chi connectivity index (χ2n) is 4.97. The van der Waals surface area contributed by atoms with E-state index in [-0.39, 0.29) is 17.7 Å². The van der Waals surface area contributed by atoms with Crippen LogP contribution < -0.4 is 0 Å². The largest absolute Gasteiger partial charge is 0.466 e. The third kappa shape index (κ3) is 1.60. The normalized spacial score (nSPS) is 32.9. The van der Waals surface area contributed by atoms with Crippen LogP contribution in [0, 0.1) is 11.3 Å². The Hall–Kier alpha value is -1.38. The molecule has 0 heterocycles. The minimum absolute atomic E-state index is 0.165. The van der Waals surface area contributed by atoms with Crippen molar-refractivity contribution in [1.82, 2.24) is 0 Å². The minimum atomic E-state index is -0.415. The van der Waals surface area contributed by atoms with Gasteiger partial charge in [-0.1, -0.05) is 19.1 Å². The van der Waals surface area contributed by atoms with Crippen molar-refractivity contribution < 1.29 is 14.3 Å². The van der Waals surface area contributed by atoms with E-state index in [0.29, 0.717) is 12.0 Å². The molecule has 0 aromatic rings. The SMILES string of the molecule is COC(=O)C1=C[C@H]2C=C(C)C(=O)[C@@](C)(C1)C2. The van der Waals surface area contributed by atoms with Crippen LogP contribution in [0.3, 0.4) is 0 Å². The molecule has 0 spiro atoms. The summed E-state index contributed by atoms with van der Waals surface area (Å²) in [5.41, 5.74) is 1.04. The molecule has 2 aliphatic carbocycles. The molecule has 2 rings (SSSR count). The molecule has 2 bridgehead atoms. The fourth-order valence-electron chi connectivity index (χ4n) is 2.81. The maximum atomic E-state index is 12.1. The molecular formula is C13H16O3. The Bertz CT molecular complexity index is 417. The topological polar surface area (TPSA) is 43.4 Å². The summed E-state index contributed by atoms with van der Waals surface area (Å²) in [6.07, 6.45) is 5.19. The van der Waals surface area contributed by atoms with Crippen LogP contribution in [0.25, 0.3) is 0 Å². The monoisotopic (exact) mass is 220 g/mol. The van der Waals surface area contributed by atoms with E-state index in [1.54, 1.807) is 0 Å². The second kappa shape index (κ2) is 3.58. The Morgan fingerprint density at radius 2 is 2.19 bits per heavy atom. The Balaban J connectivity index is 2.40. The minimum Gasteiger partial charge on any atom is -0.466 e. The molecule has 3 nitrogen and oxygen atoms in total. The van der Waals surface area contributed by atoms with Gasteiger partial charge >= 0.3 is 5.97 Å². The van der Waals surface area contributed by atoms with Gasteiger partial charge in [-0.2, -0.15) is 0 Å². The summed E-state index contributed by atoms with van der Waals surface area (Å²) in [6.45, 7) is 3.79. The van der Waals surface area contributed by atoms with E-state index in [1.165, 1.54) is 7.11 Å². The van der Waals surface area contributed by atoms with Gasteiger partial charge in [0.15, 0.2) is 5.78 Å². The predicted molar refractivity (Wildman–Crippen MR) is 59.7 cm³/mol. The van der Waals surface area contributed by atoms with Gasteiger partial charge in [-0.25, -0.2) is 4.79 Å². The van der Waals surface area contributed by atoms with Crippen LogP contribution in [0.15, 0.2) is 23.3 Å². The molecule has 0 aliphatic heterocycles. The Morgan fingerprint density at radius 1 is 1.50 bits per heavy atom. The summed E-state index contributed by atoms with van der Waals surface area (Å²) in [6, 6.07) is 0. The van der Waals surface area contributed by atoms with Crippen LogP contribution in [-0.4, -0.2) is 18.9 Å². The first-order valence-corrected chi connectivity index (χ1v) is 5.48. The highest BCUT2D eigenvalue weighted by Crippen LogP contribution is 2.45. The smallest absolute Gasteiger partial charge is 0.333 e. The van der Waals surface area contributed by atoms with E-state index in [0.717, 1.165) is 12.0 Å². The van der Waals surface area contributed by atoms with Gasteiger partial charge in [-0.15, -0.1) is 0 Å². The standard InChI is InChI=1S/C13H16O3/c1-8-4-9-5-10(12(15)16-3)7-13(2,6-9)11(8)14/h4-5,9H,6-7H2,1-3H3/t9-,13-/m1/s1. The highest BCUT2D eigenvalue weighted by Gasteiger charge is 2.43. The number of rotatable bonds is 1. The highest BCUT2D eigenvalue weighted by atomic mass is 16.5. The summed E-state index contributed by atoms with van der Waals surface area (Å²) in [5.74, 6) is 0.0560. The predicted octanol–water partition coefficient (Wildman–Crippen LogP) is 2.03.